The summed E-state index contributed by atoms with van der Waals surface area (Å²) in [6, 6.07) is 11.8. The van der Waals surface area contributed by atoms with E-state index in [1.165, 1.54) is 4.90 Å². The van der Waals surface area contributed by atoms with Crippen LogP contribution in [0.2, 0.25) is 0 Å². The molecule has 11 heteroatoms. The number of anilines is 1. The van der Waals surface area contributed by atoms with Gasteiger partial charge >= 0.3 is 5.97 Å². The normalized spacial score (nSPS) is 17.6. The molecule has 0 saturated carbocycles. The van der Waals surface area contributed by atoms with Crippen molar-refractivity contribution in [2.45, 2.75) is 50.7 Å². The summed E-state index contributed by atoms with van der Waals surface area (Å²) in [4.78, 5) is 74.5. The zero-order valence-corrected chi connectivity index (χ0v) is 19.9. The van der Waals surface area contributed by atoms with E-state index >= 15 is 0 Å². The minimum absolute atomic E-state index is 0.0944. The van der Waals surface area contributed by atoms with Crippen molar-refractivity contribution in [1.82, 2.24) is 15.5 Å². The van der Waals surface area contributed by atoms with E-state index in [1.54, 1.807) is 48.5 Å². The second kappa shape index (κ2) is 11.0. The van der Waals surface area contributed by atoms with Gasteiger partial charge in [0.2, 0.25) is 23.6 Å². The molecule has 0 aliphatic carbocycles. The SMILES string of the molecule is O=C1CCC(N2Cc3c(NC(=O)CCC(=O)N[C@@H](Cc4ccccc4)C(=O)O)cccc3C2=O)C(=O)N1. The van der Waals surface area contributed by atoms with Crippen LogP contribution in [0.15, 0.2) is 48.5 Å². The van der Waals surface area contributed by atoms with Crippen LogP contribution in [0, 0.1) is 0 Å². The average Bonchev–Trinajstić information content (AvgIpc) is 3.20. The van der Waals surface area contributed by atoms with Gasteiger partial charge in [-0.3, -0.25) is 29.3 Å². The molecule has 192 valence electrons. The minimum Gasteiger partial charge on any atom is -0.480 e. The maximum absolute atomic E-state index is 12.9. The number of amides is 5. The first-order valence-electron chi connectivity index (χ1n) is 11.9. The quantitative estimate of drug-likeness (QED) is 0.369. The summed E-state index contributed by atoms with van der Waals surface area (Å²) < 4.78 is 0. The van der Waals surface area contributed by atoms with Crippen LogP contribution in [0.1, 0.15) is 47.2 Å². The lowest BCUT2D eigenvalue weighted by Crippen LogP contribution is -2.52. The first-order valence-corrected chi connectivity index (χ1v) is 11.9. The molecule has 4 rings (SSSR count). The minimum atomic E-state index is -1.17. The Bertz CT molecular complexity index is 1260. The summed E-state index contributed by atoms with van der Waals surface area (Å²) >= 11 is 0. The number of hydrogen-bond acceptors (Lipinski definition) is 6. The molecular weight excluding hydrogens is 480 g/mol. The van der Waals surface area contributed by atoms with Crippen LogP contribution < -0.4 is 16.0 Å². The topological polar surface area (TPSA) is 162 Å². The number of fused-ring (bicyclic) bond motifs is 1. The average molecular weight is 507 g/mol. The molecule has 37 heavy (non-hydrogen) atoms. The monoisotopic (exact) mass is 506 g/mol. The molecule has 5 amide bonds. The smallest absolute Gasteiger partial charge is 0.326 e. The molecule has 2 aromatic rings. The molecule has 1 fully saturated rings. The molecule has 2 aliphatic rings. The Morgan fingerprint density at radius 1 is 1.00 bits per heavy atom. The third-order valence-corrected chi connectivity index (χ3v) is 6.35. The predicted octanol–water partition coefficient (Wildman–Crippen LogP) is 0.978. The Morgan fingerprint density at radius 2 is 1.73 bits per heavy atom. The van der Waals surface area contributed by atoms with Gasteiger partial charge in [0.25, 0.3) is 5.91 Å². The fourth-order valence-electron chi connectivity index (χ4n) is 4.46. The van der Waals surface area contributed by atoms with Gasteiger partial charge in [-0.1, -0.05) is 36.4 Å². The van der Waals surface area contributed by atoms with Crippen molar-refractivity contribution in [2.75, 3.05) is 5.32 Å². The maximum atomic E-state index is 12.9. The van der Waals surface area contributed by atoms with E-state index in [2.05, 4.69) is 16.0 Å². The van der Waals surface area contributed by atoms with Crippen LogP contribution in [0.25, 0.3) is 0 Å². The summed E-state index contributed by atoms with van der Waals surface area (Å²) in [6.07, 6.45) is 0.0553. The summed E-state index contributed by atoms with van der Waals surface area (Å²) in [6.45, 7) is 0.0944. The number of aliphatic carboxylic acids is 1. The molecule has 2 heterocycles. The predicted molar refractivity (Wildman–Crippen MR) is 130 cm³/mol. The molecule has 0 bridgehead atoms. The lowest BCUT2D eigenvalue weighted by atomic mass is 10.0. The number of nitrogens with one attached hydrogen (secondary N) is 3. The van der Waals surface area contributed by atoms with Crippen molar-refractivity contribution in [3.05, 3.63) is 65.2 Å². The Hall–Kier alpha value is -4.54. The van der Waals surface area contributed by atoms with E-state index in [0.717, 1.165) is 5.56 Å². The first kappa shape index (κ1) is 25.5. The molecule has 2 aromatic carbocycles. The highest BCUT2D eigenvalue weighted by Gasteiger charge is 2.40. The van der Waals surface area contributed by atoms with E-state index in [9.17, 15) is 33.9 Å². The molecule has 11 nitrogen and oxygen atoms in total. The van der Waals surface area contributed by atoms with Gasteiger partial charge in [0.15, 0.2) is 0 Å². The number of imide groups is 1. The van der Waals surface area contributed by atoms with E-state index < -0.39 is 35.8 Å². The third kappa shape index (κ3) is 6.00. The zero-order chi connectivity index (χ0) is 26.5. The molecule has 0 spiro atoms. The van der Waals surface area contributed by atoms with Gasteiger partial charge in [-0.05, 0) is 24.1 Å². The third-order valence-electron chi connectivity index (χ3n) is 6.35. The van der Waals surface area contributed by atoms with Gasteiger partial charge in [-0.15, -0.1) is 0 Å². The molecule has 1 saturated heterocycles. The highest BCUT2D eigenvalue weighted by Crippen LogP contribution is 2.32. The van der Waals surface area contributed by atoms with Crippen molar-refractivity contribution in [3.8, 4) is 0 Å². The molecular formula is C26H26N4O7. The summed E-state index contributed by atoms with van der Waals surface area (Å²) in [5.41, 5.74) is 2.04. The lowest BCUT2D eigenvalue weighted by Gasteiger charge is -2.29. The van der Waals surface area contributed by atoms with E-state index in [-0.39, 0.29) is 50.5 Å². The molecule has 2 aliphatic heterocycles. The number of carbonyl (C=O) groups is 6. The number of carboxylic acid groups (broad SMARTS) is 1. The van der Waals surface area contributed by atoms with Crippen LogP contribution in [-0.2, 0) is 36.9 Å². The number of benzene rings is 2. The fourth-order valence-corrected chi connectivity index (χ4v) is 4.46. The maximum Gasteiger partial charge on any atom is 0.326 e. The van der Waals surface area contributed by atoms with Crippen LogP contribution in [0.3, 0.4) is 0 Å². The Kier molecular flexibility index (Phi) is 7.61. The van der Waals surface area contributed by atoms with E-state index in [4.69, 9.17) is 0 Å². The number of rotatable bonds is 9. The van der Waals surface area contributed by atoms with Crippen LogP contribution in [0.5, 0.6) is 0 Å². The summed E-state index contributed by atoms with van der Waals surface area (Å²) in [5.74, 6) is -3.50. The van der Waals surface area contributed by atoms with Crippen LogP contribution >= 0.6 is 0 Å². The van der Waals surface area contributed by atoms with Crippen molar-refractivity contribution in [1.29, 1.82) is 0 Å². The Morgan fingerprint density at radius 3 is 2.43 bits per heavy atom. The number of carboxylic acids is 1. The molecule has 0 aromatic heterocycles. The Balaban J connectivity index is 1.33. The molecule has 2 atom stereocenters. The van der Waals surface area contributed by atoms with Crippen molar-refractivity contribution in [2.24, 2.45) is 0 Å². The second-order valence-corrected chi connectivity index (χ2v) is 8.93. The standard InChI is InChI=1S/C26H26N4O7/c31-21(11-12-22(32)28-19(26(36)37)13-15-5-2-1-3-6-15)27-18-8-4-7-16-17(18)14-30(25(16)35)20-9-10-23(33)29-24(20)34/h1-8,19-20H,9-14H2,(H,27,31)(H,28,32)(H,36,37)(H,29,33,34)/t19-,20?/m0/s1. The lowest BCUT2D eigenvalue weighted by molar-refractivity contribution is -0.141. The van der Waals surface area contributed by atoms with E-state index in [1.807, 2.05) is 0 Å². The largest absolute Gasteiger partial charge is 0.480 e. The van der Waals surface area contributed by atoms with Gasteiger partial charge in [-0.25, -0.2) is 4.79 Å². The number of nitrogens with zero attached hydrogens (tertiary/aromatic N) is 1. The van der Waals surface area contributed by atoms with Gasteiger partial charge < -0.3 is 20.6 Å². The van der Waals surface area contributed by atoms with Crippen molar-refractivity contribution < 1.29 is 33.9 Å². The van der Waals surface area contributed by atoms with Gasteiger partial charge in [0.1, 0.15) is 12.1 Å². The second-order valence-electron chi connectivity index (χ2n) is 8.93. The highest BCUT2D eigenvalue weighted by atomic mass is 16.4. The fraction of sp³-hybridized carbons (Fsp3) is 0.308. The highest BCUT2D eigenvalue weighted by molar-refractivity contribution is 6.07. The van der Waals surface area contributed by atoms with Crippen LogP contribution in [0.4, 0.5) is 5.69 Å². The van der Waals surface area contributed by atoms with E-state index in [0.29, 0.717) is 16.8 Å². The number of piperidine rings is 1. The molecule has 1 unspecified atom stereocenters. The van der Waals surface area contributed by atoms with Crippen LogP contribution in [-0.4, -0.2) is 57.6 Å². The van der Waals surface area contributed by atoms with Gasteiger partial charge in [0.05, 0.1) is 0 Å². The Labute approximate surface area is 212 Å². The molecule has 4 N–H and O–H groups in total. The van der Waals surface area contributed by atoms with Gasteiger partial charge in [0, 0.05) is 49.0 Å². The molecule has 0 radical (unpaired) electrons. The number of hydrogen-bond donors (Lipinski definition) is 4. The zero-order valence-electron chi connectivity index (χ0n) is 19.9. The summed E-state index contributed by atoms with van der Waals surface area (Å²) in [7, 11) is 0. The number of carbonyl (C=O) groups excluding carboxylic acids is 5. The van der Waals surface area contributed by atoms with Crippen molar-refractivity contribution in [3.63, 3.8) is 0 Å². The van der Waals surface area contributed by atoms with Gasteiger partial charge in [-0.2, -0.15) is 0 Å². The summed E-state index contributed by atoms with van der Waals surface area (Å²) in [5, 5.41) is 16.8. The van der Waals surface area contributed by atoms with Crippen molar-refractivity contribution >= 4 is 41.2 Å². The first-order chi connectivity index (χ1) is 17.7.